The zero-order valence-electron chi connectivity index (χ0n) is 15.5. The highest BCUT2D eigenvalue weighted by Crippen LogP contribution is 2.21. The minimum atomic E-state index is 0.0760. The molecule has 25 heavy (non-hydrogen) atoms. The Morgan fingerprint density at radius 2 is 1.76 bits per heavy atom. The number of rotatable bonds is 3. The summed E-state index contributed by atoms with van der Waals surface area (Å²) < 4.78 is 1.85. The topological polar surface area (TPSA) is 41.4 Å². The van der Waals surface area contributed by atoms with Gasteiger partial charge in [0.2, 0.25) is 5.91 Å². The monoisotopic (exact) mass is 338 g/mol. The number of amides is 1. The fourth-order valence-corrected chi connectivity index (χ4v) is 3.38. The Bertz CT molecular complexity index is 798. The summed E-state index contributed by atoms with van der Waals surface area (Å²) >= 11 is 0. The van der Waals surface area contributed by atoms with Gasteiger partial charge in [0.05, 0.1) is 5.69 Å². The number of piperazine rings is 1. The molecule has 0 spiro atoms. The van der Waals surface area contributed by atoms with Crippen molar-refractivity contribution in [3.8, 4) is 0 Å². The summed E-state index contributed by atoms with van der Waals surface area (Å²) in [6.07, 6.45) is 3.58. The first-order valence-electron chi connectivity index (χ1n) is 8.75. The quantitative estimate of drug-likeness (QED) is 0.808. The first kappa shape index (κ1) is 17.3. The highest BCUT2D eigenvalue weighted by molar-refractivity contribution is 5.92. The van der Waals surface area contributed by atoms with E-state index < -0.39 is 0 Å². The molecule has 0 N–H and O–H groups in total. The molecule has 0 bridgehead atoms. The van der Waals surface area contributed by atoms with Gasteiger partial charge in [0.25, 0.3) is 0 Å². The SMILES string of the molecule is Cc1ccccc1N1CCN(C(=O)/C=C/c2c(C)nn(C)c2C)CC1. The van der Waals surface area contributed by atoms with Gasteiger partial charge in [0.1, 0.15) is 0 Å². The van der Waals surface area contributed by atoms with Crippen LogP contribution < -0.4 is 4.90 Å². The molecule has 1 aliphatic heterocycles. The van der Waals surface area contributed by atoms with Crippen molar-refractivity contribution >= 4 is 17.7 Å². The molecule has 1 saturated heterocycles. The Balaban J connectivity index is 1.62. The average molecular weight is 338 g/mol. The third-order valence-electron chi connectivity index (χ3n) is 5.01. The minimum Gasteiger partial charge on any atom is -0.368 e. The van der Waals surface area contributed by atoms with Crippen LogP contribution in [0.3, 0.4) is 0 Å². The third-order valence-corrected chi connectivity index (χ3v) is 5.01. The maximum atomic E-state index is 12.5. The van der Waals surface area contributed by atoms with E-state index in [4.69, 9.17) is 0 Å². The lowest BCUT2D eigenvalue weighted by Gasteiger charge is -2.36. The van der Waals surface area contributed by atoms with E-state index in [9.17, 15) is 4.79 Å². The standard InChI is InChI=1S/C20H26N4O/c1-15-7-5-6-8-19(15)23-11-13-24(14-12-23)20(25)10-9-18-16(2)21-22(4)17(18)3/h5-10H,11-14H2,1-4H3/b10-9+. The number of para-hydroxylation sites is 1. The van der Waals surface area contributed by atoms with E-state index in [0.29, 0.717) is 0 Å². The van der Waals surface area contributed by atoms with Crippen molar-refractivity contribution in [1.29, 1.82) is 0 Å². The number of aromatic nitrogens is 2. The van der Waals surface area contributed by atoms with Crippen LogP contribution in [0.25, 0.3) is 6.08 Å². The van der Waals surface area contributed by atoms with Crippen LogP contribution in [-0.4, -0.2) is 46.8 Å². The van der Waals surface area contributed by atoms with E-state index in [1.807, 2.05) is 36.6 Å². The van der Waals surface area contributed by atoms with Gasteiger partial charge in [-0.1, -0.05) is 18.2 Å². The van der Waals surface area contributed by atoms with Crippen LogP contribution in [-0.2, 0) is 11.8 Å². The van der Waals surface area contributed by atoms with Gasteiger partial charge in [-0.2, -0.15) is 5.10 Å². The highest BCUT2D eigenvalue weighted by Gasteiger charge is 2.20. The molecular formula is C20H26N4O. The Morgan fingerprint density at radius 3 is 2.36 bits per heavy atom. The molecule has 0 radical (unpaired) electrons. The molecule has 132 valence electrons. The van der Waals surface area contributed by atoms with Crippen molar-refractivity contribution in [2.24, 2.45) is 7.05 Å². The van der Waals surface area contributed by atoms with Crippen LogP contribution in [0.1, 0.15) is 22.5 Å². The largest absolute Gasteiger partial charge is 0.368 e. The van der Waals surface area contributed by atoms with Gasteiger partial charge in [-0.25, -0.2) is 0 Å². The predicted molar refractivity (Wildman–Crippen MR) is 102 cm³/mol. The van der Waals surface area contributed by atoms with Crippen molar-refractivity contribution in [1.82, 2.24) is 14.7 Å². The molecule has 0 atom stereocenters. The molecule has 5 nitrogen and oxygen atoms in total. The fraction of sp³-hybridized carbons (Fsp3) is 0.400. The molecule has 2 heterocycles. The second kappa shape index (κ2) is 7.13. The minimum absolute atomic E-state index is 0.0760. The van der Waals surface area contributed by atoms with Crippen LogP contribution in [0.4, 0.5) is 5.69 Å². The summed E-state index contributed by atoms with van der Waals surface area (Å²) in [5, 5.41) is 4.39. The van der Waals surface area contributed by atoms with Crippen LogP contribution in [0.15, 0.2) is 30.3 Å². The Morgan fingerprint density at radius 1 is 1.08 bits per heavy atom. The Labute approximate surface area is 149 Å². The summed E-state index contributed by atoms with van der Waals surface area (Å²) in [6.45, 7) is 9.37. The lowest BCUT2D eigenvalue weighted by Crippen LogP contribution is -2.48. The number of carbonyl (C=O) groups is 1. The number of aryl methyl sites for hydroxylation is 3. The Kier molecular flexibility index (Phi) is 4.93. The van der Waals surface area contributed by atoms with Crippen LogP contribution in [0, 0.1) is 20.8 Å². The molecule has 3 rings (SSSR count). The van der Waals surface area contributed by atoms with Gasteiger partial charge in [-0.15, -0.1) is 0 Å². The van der Waals surface area contributed by atoms with E-state index in [-0.39, 0.29) is 5.91 Å². The molecular weight excluding hydrogens is 312 g/mol. The molecule has 0 aliphatic carbocycles. The van der Waals surface area contributed by atoms with E-state index in [1.165, 1.54) is 11.3 Å². The lowest BCUT2D eigenvalue weighted by molar-refractivity contribution is -0.126. The zero-order valence-corrected chi connectivity index (χ0v) is 15.5. The van der Waals surface area contributed by atoms with E-state index in [0.717, 1.165) is 43.1 Å². The first-order valence-corrected chi connectivity index (χ1v) is 8.75. The number of hydrogen-bond acceptors (Lipinski definition) is 3. The number of anilines is 1. The molecule has 5 heteroatoms. The molecule has 1 fully saturated rings. The smallest absolute Gasteiger partial charge is 0.246 e. The van der Waals surface area contributed by atoms with Crippen LogP contribution in [0.2, 0.25) is 0 Å². The van der Waals surface area contributed by atoms with Crippen LogP contribution in [0.5, 0.6) is 0 Å². The molecule has 1 amide bonds. The van der Waals surface area contributed by atoms with E-state index >= 15 is 0 Å². The van der Waals surface area contributed by atoms with Gasteiger partial charge in [0, 0.05) is 56.2 Å². The van der Waals surface area contributed by atoms with Crippen molar-refractivity contribution in [2.45, 2.75) is 20.8 Å². The first-order chi connectivity index (χ1) is 12.0. The van der Waals surface area contributed by atoms with E-state index in [1.54, 1.807) is 6.08 Å². The number of benzene rings is 1. The molecule has 1 aliphatic rings. The second-order valence-electron chi connectivity index (χ2n) is 6.64. The third kappa shape index (κ3) is 3.60. The number of nitrogens with zero attached hydrogens (tertiary/aromatic N) is 4. The summed E-state index contributed by atoms with van der Waals surface area (Å²) in [5.74, 6) is 0.0760. The van der Waals surface area contributed by atoms with Gasteiger partial charge >= 0.3 is 0 Å². The normalized spacial score (nSPS) is 15.2. The van der Waals surface area contributed by atoms with Gasteiger partial charge in [0.15, 0.2) is 0 Å². The van der Waals surface area contributed by atoms with Crippen molar-refractivity contribution < 1.29 is 4.79 Å². The average Bonchev–Trinajstić information content (AvgIpc) is 2.85. The lowest BCUT2D eigenvalue weighted by atomic mass is 10.1. The number of hydrogen-bond donors (Lipinski definition) is 0. The molecule has 2 aromatic rings. The summed E-state index contributed by atoms with van der Waals surface area (Å²) in [6, 6.07) is 8.42. The summed E-state index contributed by atoms with van der Waals surface area (Å²) in [7, 11) is 1.92. The highest BCUT2D eigenvalue weighted by atomic mass is 16.2. The zero-order chi connectivity index (χ0) is 18.0. The fourth-order valence-electron chi connectivity index (χ4n) is 3.38. The van der Waals surface area contributed by atoms with Crippen molar-refractivity contribution in [3.63, 3.8) is 0 Å². The predicted octanol–water partition coefficient (Wildman–Crippen LogP) is 2.71. The molecule has 0 saturated carbocycles. The van der Waals surface area contributed by atoms with Crippen molar-refractivity contribution in [2.75, 3.05) is 31.1 Å². The van der Waals surface area contributed by atoms with Gasteiger partial charge in [-0.3, -0.25) is 9.48 Å². The van der Waals surface area contributed by atoms with Gasteiger partial charge < -0.3 is 9.80 Å². The maximum absolute atomic E-state index is 12.5. The Hall–Kier alpha value is -2.56. The van der Waals surface area contributed by atoms with Crippen LogP contribution >= 0.6 is 0 Å². The summed E-state index contributed by atoms with van der Waals surface area (Å²) in [4.78, 5) is 16.8. The molecule has 0 unspecified atom stereocenters. The van der Waals surface area contributed by atoms with Crippen molar-refractivity contribution in [3.05, 3.63) is 52.9 Å². The molecule has 1 aromatic carbocycles. The number of carbonyl (C=O) groups excluding carboxylic acids is 1. The summed E-state index contributed by atoms with van der Waals surface area (Å²) in [5.41, 5.74) is 5.62. The molecule has 1 aromatic heterocycles. The second-order valence-corrected chi connectivity index (χ2v) is 6.64. The maximum Gasteiger partial charge on any atom is 0.246 e. The van der Waals surface area contributed by atoms with E-state index in [2.05, 4.69) is 41.2 Å². The van der Waals surface area contributed by atoms with Gasteiger partial charge in [-0.05, 0) is 38.5 Å².